The van der Waals surface area contributed by atoms with Gasteiger partial charge in [0.25, 0.3) is 5.91 Å². The molecule has 1 atom stereocenters. The van der Waals surface area contributed by atoms with Gasteiger partial charge in [0, 0.05) is 25.0 Å². The zero-order valence-corrected chi connectivity index (χ0v) is 24.1. The minimum absolute atomic E-state index is 0.127. The number of ketones is 1. The van der Waals surface area contributed by atoms with Crippen molar-refractivity contribution in [3.8, 4) is 0 Å². The third-order valence-electron chi connectivity index (χ3n) is 7.53. The highest BCUT2D eigenvalue weighted by Gasteiger charge is 2.43. The van der Waals surface area contributed by atoms with Gasteiger partial charge >= 0.3 is 12.1 Å². The molecule has 1 saturated carbocycles. The van der Waals surface area contributed by atoms with Crippen LogP contribution in [0.15, 0.2) is 36.8 Å². The number of Topliss-reactive ketones (excluding diaryl/α,β-unsaturated/α-hetero) is 1. The Labute approximate surface area is 252 Å². The number of hydrogen-bond acceptors (Lipinski definition) is 5. The number of hydrogen-bond donors (Lipinski definition) is 1. The van der Waals surface area contributed by atoms with Gasteiger partial charge in [0.1, 0.15) is 11.6 Å². The maximum Gasteiger partial charge on any atom is 0.433 e. The summed E-state index contributed by atoms with van der Waals surface area (Å²) in [7, 11) is 0. The van der Waals surface area contributed by atoms with E-state index in [0.717, 1.165) is 30.7 Å². The molecule has 1 aliphatic rings. The van der Waals surface area contributed by atoms with E-state index in [0.29, 0.717) is 28.5 Å². The molecule has 1 fully saturated rings. The van der Waals surface area contributed by atoms with Gasteiger partial charge in [-0.1, -0.05) is 30.1 Å². The standard InChI is InChI=1S/C28H25Cl2F5N4O4/c1-14(27(42)43)16-2-4-19(5-3-16)39-25(28(33,34)35)20(9-37-39)26(41)38(12-15-6-17(31)8-18(32)7-15)13-23(40)24-21(29)10-36-11-22(24)30/h6-11,14,16,19H,2-5,12-13H2,1H3,(H,42,43)/t14-,16-,19-/m0/s1. The van der Waals surface area contributed by atoms with E-state index < -0.39 is 71.8 Å². The van der Waals surface area contributed by atoms with Crippen molar-refractivity contribution in [1.82, 2.24) is 19.7 Å². The topological polar surface area (TPSA) is 105 Å². The van der Waals surface area contributed by atoms with Crippen LogP contribution in [0.25, 0.3) is 0 Å². The van der Waals surface area contributed by atoms with E-state index in [1.165, 1.54) is 0 Å². The van der Waals surface area contributed by atoms with E-state index in [9.17, 15) is 41.4 Å². The Morgan fingerprint density at radius 2 is 1.60 bits per heavy atom. The van der Waals surface area contributed by atoms with E-state index in [-0.39, 0.29) is 39.9 Å². The first-order valence-corrected chi connectivity index (χ1v) is 13.9. The summed E-state index contributed by atoms with van der Waals surface area (Å²) in [6, 6.07) is 1.57. The second-order valence-corrected chi connectivity index (χ2v) is 11.2. The molecule has 1 amide bonds. The molecule has 15 heteroatoms. The Hall–Kier alpha value is -3.58. The number of alkyl halides is 3. The number of carbonyl (C=O) groups is 3. The molecule has 0 bridgehead atoms. The van der Waals surface area contributed by atoms with E-state index in [1.54, 1.807) is 6.92 Å². The first-order valence-electron chi connectivity index (χ1n) is 13.1. The Balaban J connectivity index is 1.70. The zero-order valence-electron chi connectivity index (χ0n) is 22.5. The lowest BCUT2D eigenvalue weighted by Gasteiger charge is -2.32. The van der Waals surface area contributed by atoms with Crippen molar-refractivity contribution in [1.29, 1.82) is 0 Å². The third kappa shape index (κ3) is 7.32. The van der Waals surface area contributed by atoms with E-state index >= 15 is 0 Å². The van der Waals surface area contributed by atoms with Crippen molar-refractivity contribution in [2.75, 3.05) is 6.54 Å². The van der Waals surface area contributed by atoms with Crippen molar-refractivity contribution in [3.05, 3.63) is 80.9 Å². The number of pyridine rings is 1. The average molecular weight is 647 g/mol. The Morgan fingerprint density at radius 3 is 2.14 bits per heavy atom. The van der Waals surface area contributed by atoms with Gasteiger partial charge in [0.05, 0.1) is 45.9 Å². The predicted molar refractivity (Wildman–Crippen MR) is 145 cm³/mol. The van der Waals surface area contributed by atoms with Crippen LogP contribution in [0.3, 0.4) is 0 Å². The lowest BCUT2D eigenvalue weighted by molar-refractivity contribution is -0.145. The Bertz CT molecular complexity index is 1500. The van der Waals surface area contributed by atoms with Gasteiger partial charge in [-0.2, -0.15) is 18.3 Å². The van der Waals surface area contributed by atoms with Gasteiger partial charge in [-0.25, -0.2) is 8.78 Å². The number of carbonyl (C=O) groups excluding carboxylic acids is 2. The van der Waals surface area contributed by atoms with Crippen LogP contribution < -0.4 is 0 Å². The first kappa shape index (κ1) is 32.3. The molecule has 2 heterocycles. The first-order chi connectivity index (χ1) is 20.2. The molecule has 4 rings (SSSR count). The molecule has 1 aromatic carbocycles. The predicted octanol–water partition coefficient (Wildman–Crippen LogP) is 6.86. The van der Waals surface area contributed by atoms with Crippen molar-refractivity contribution in [2.45, 2.75) is 51.4 Å². The number of amides is 1. The smallest absolute Gasteiger partial charge is 0.433 e. The molecule has 8 nitrogen and oxygen atoms in total. The SMILES string of the molecule is C[C@H](C(=O)O)[C@H]1CC[C@H](n2ncc(C(=O)N(CC(=O)c3c(Cl)cncc3Cl)Cc3cc(F)cc(F)c3)c2C(F)(F)F)CC1. The zero-order chi connectivity index (χ0) is 31.6. The highest BCUT2D eigenvalue weighted by Crippen LogP contribution is 2.41. The van der Waals surface area contributed by atoms with Gasteiger partial charge in [-0.3, -0.25) is 24.0 Å². The number of nitrogens with zero attached hydrogens (tertiary/aromatic N) is 4. The number of carboxylic acid groups (broad SMARTS) is 1. The summed E-state index contributed by atoms with van der Waals surface area (Å²) >= 11 is 12.1. The van der Waals surface area contributed by atoms with E-state index in [4.69, 9.17) is 23.2 Å². The molecule has 1 aliphatic carbocycles. The third-order valence-corrected chi connectivity index (χ3v) is 8.10. The molecule has 3 aromatic rings. The molecule has 2 aromatic heterocycles. The summed E-state index contributed by atoms with van der Waals surface area (Å²) in [6.07, 6.45) is -0.984. The average Bonchev–Trinajstić information content (AvgIpc) is 3.37. The van der Waals surface area contributed by atoms with Crippen LogP contribution in [0.1, 0.15) is 70.6 Å². The monoisotopic (exact) mass is 646 g/mol. The summed E-state index contributed by atoms with van der Waals surface area (Å²) in [6.45, 7) is 0.0626. The molecular weight excluding hydrogens is 622 g/mol. The number of aliphatic carboxylic acids is 1. The van der Waals surface area contributed by atoms with Gasteiger partial charge in [-0.15, -0.1) is 0 Å². The number of carboxylic acids is 1. The highest BCUT2D eigenvalue weighted by molar-refractivity contribution is 6.39. The quantitative estimate of drug-likeness (QED) is 0.201. The summed E-state index contributed by atoms with van der Waals surface area (Å²) in [5.41, 5.74) is -2.58. The largest absolute Gasteiger partial charge is 0.481 e. The van der Waals surface area contributed by atoms with Crippen molar-refractivity contribution in [3.63, 3.8) is 0 Å². The van der Waals surface area contributed by atoms with E-state index in [1.807, 2.05) is 0 Å². The van der Waals surface area contributed by atoms with Crippen LogP contribution in [0.2, 0.25) is 10.0 Å². The number of halogens is 7. The van der Waals surface area contributed by atoms with Gasteiger partial charge in [0.15, 0.2) is 11.5 Å². The van der Waals surface area contributed by atoms with Crippen molar-refractivity contribution < 1.29 is 41.4 Å². The van der Waals surface area contributed by atoms with Crippen molar-refractivity contribution >= 4 is 40.9 Å². The maximum absolute atomic E-state index is 14.5. The Kier molecular flexibility index (Phi) is 9.75. The Morgan fingerprint density at radius 1 is 1.02 bits per heavy atom. The maximum atomic E-state index is 14.5. The van der Waals surface area contributed by atoms with Crippen LogP contribution in [-0.4, -0.2) is 49.0 Å². The van der Waals surface area contributed by atoms with Crippen LogP contribution in [0.5, 0.6) is 0 Å². The summed E-state index contributed by atoms with van der Waals surface area (Å²) in [5.74, 6) is -6.00. The van der Waals surface area contributed by atoms with Gasteiger partial charge in [0.2, 0.25) is 0 Å². The number of benzene rings is 1. The van der Waals surface area contributed by atoms with Crippen molar-refractivity contribution in [2.24, 2.45) is 11.8 Å². The highest BCUT2D eigenvalue weighted by atomic mass is 35.5. The molecule has 0 radical (unpaired) electrons. The summed E-state index contributed by atoms with van der Waals surface area (Å²) < 4.78 is 72.0. The van der Waals surface area contributed by atoms with Crippen LogP contribution >= 0.6 is 23.2 Å². The lowest BCUT2D eigenvalue weighted by Crippen LogP contribution is -2.37. The number of rotatable bonds is 9. The van der Waals surface area contributed by atoms with Crippen LogP contribution in [0.4, 0.5) is 22.0 Å². The fourth-order valence-electron chi connectivity index (χ4n) is 5.35. The molecule has 0 saturated heterocycles. The fourth-order valence-corrected chi connectivity index (χ4v) is 5.92. The molecule has 230 valence electrons. The molecule has 1 N–H and O–H groups in total. The molecule has 0 spiro atoms. The summed E-state index contributed by atoms with van der Waals surface area (Å²) in [4.78, 5) is 42.7. The van der Waals surface area contributed by atoms with Crippen LogP contribution in [-0.2, 0) is 17.5 Å². The van der Waals surface area contributed by atoms with E-state index in [2.05, 4.69) is 10.1 Å². The summed E-state index contributed by atoms with van der Waals surface area (Å²) in [5, 5.41) is 12.9. The minimum Gasteiger partial charge on any atom is -0.481 e. The fraction of sp³-hybridized carbons (Fsp3) is 0.393. The molecule has 0 unspecified atom stereocenters. The minimum atomic E-state index is -5.05. The number of aromatic nitrogens is 3. The van der Waals surface area contributed by atoms with Gasteiger partial charge < -0.3 is 10.0 Å². The lowest BCUT2D eigenvalue weighted by atomic mass is 9.79. The molecule has 43 heavy (non-hydrogen) atoms. The second kappa shape index (κ2) is 13.0. The molecule has 0 aliphatic heterocycles. The van der Waals surface area contributed by atoms with Crippen LogP contribution in [0, 0.1) is 23.5 Å². The van der Waals surface area contributed by atoms with Gasteiger partial charge in [-0.05, 0) is 49.3 Å². The normalized spacial score (nSPS) is 17.9. The molecular formula is C28H25Cl2F5N4O4. The second-order valence-electron chi connectivity index (χ2n) is 10.4.